The highest BCUT2D eigenvalue weighted by atomic mass is 32.2. The van der Waals surface area contributed by atoms with Crippen molar-refractivity contribution in [2.24, 2.45) is 0 Å². The van der Waals surface area contributed by atoms with Gasteiger partial charge in [-0.25, -0.2) is 4.79 Å². The summed E-state index contributed by atoms with van der Waals surface area (Å²) < 4.78 is 16.1. The van der Waals surface area contributed by atoms with Crippen molar-refractivity contribution in [3.63, 3.8) is 0 Å². The standard InChI is InChI=1S/C18H15NO5S2/c1-3-19-16(20)15(26-18(19)25)10-11-6-7-12(14(9-11)22-2)24-17(21)13-5-4-8-23-13/h4-10H,3H2,1-2H3. The number of thioether (sulfide) groups is 1. The van der Waals surface area contributed by atoms with E-state index in [1.807, 2.05) is 6.92 Å². The Balaban J connectivity index is 1.83. The van der Waals surface area contributed by atoms with Crippen LogP contribution in [-0.4, -0.2) is 34.8 Å². The molecule has 1 aliphatic heterocycles. The average molecular weight is 389 g/mol. The second-order valence-electron chi connectivity index (χ2n) is 5.20. The topological polar surface area (TPSA) is 69.0 Å². The number of hydrogen-bond donors (Lipinski definition) is 0. The summed E-state index contributed by atoms with van der Waals surface area (Å²) in [6.07, 6.45) is 3.12. The van der Waals surface area contributed by atoms with E-state index in [9.17, 15) is 9.59 Å². The fourth-order valence-electron chi connectivity index (χ4n) is 2.33. The minimum Gasteiger partial charge on any atom is -0.493 e. The fourth-order valence-corrected chi connectivity index (χ4v) is 3.71. The van der Waals surface area contributed by atoms with E-state index in [1.54, 1.807) is 35.2 Å². The summed E-state index contributed by atoms with van der Waals surface area (Å²) in [6, 6.07) is 8.13. The zero-order valence-electron chi connectivity index (χ0n) is 14.1. The lowest BCUT2D eigenvalue weighted by Crippen LogP contribution is -2.27. The molecule has 1 saturated heterocycles. The van der Waals surface area contributed by atoms with Gasteiger partial charge in [-0.3, -0.25) is 9.69 Å². The number of likely N-dealkylation sites (N-methyl/N-ethyl adjacent to an activating group) is 1. The third-order valence-corrected chi connectivity index (χ3v) is 4.98. The van der Waals surface area contributed by atoms with Crippen LogP contribution in [0, 0.1) is 0 Å². The summed E-state index contributed by atoms with van der Waals surface area (Å²) in [7, 11) is 1.47. The van der Waals surface area contributed by atoms with Crippen molar-refractivity contribution < 1.29 is 23.5 Å². The summed E-state index contributed by atoms with van der Waals surface area (Å²) in [6.45, 7) is 2.41. The first-order valence-corrected chi connectivity index (χ1v) is 8.95. The van der Waals surface area contributed by atoms with Crippen molar-refractivity contribution in [3.05, 3.63) is 52.8 Å². The molecule has 134 valence electrons. The van der Waals surface area contributed by atoms with Gasteiger partial charge in [0.25, 0.3) is 5.91 Å². The number of furan rings is 1. The van der Waals surface area contributed by atoms with Crippen LogP contribution < -0.4 is 9.47 Å². The summed E-state index contributed by atoms with van der Waals surface area (Å²) in [5.74, 6) is -0.0178. The zero-order valence-corrected chi connectivity index (χ0v) is 15.7. The van der Waals surface area contributed by atoms with E-state index in [0.717, 1.165) is 5.56 Å². The van der Waals surface area contributed by atoms with Crippen LogP contribution >= 0.6 is 24.0 Å². The maximum atomic E-state index is 12.3. The lowest BCUT2D eigenvalue weighted by atomic mass is 10.2. The zero-order chi connectivity index (χ0) is 18.7. The second-order valence-corrected chi connectivity index (χ2v) is 6.88. The highest BCUT2D eigenvalue weighted by molar-refractivity contribution is 8.26. The van der Waals surface area contributed by atoms with Gasteiger partial charge in [0.1, 0.15) is 4.32 Å². The van der Waals surface area contributed by atoms with Gasteiger partial charge in [0.05, 0.1) is 18.3 Å². The average Bonchev–Trinajstić information content (AvgIpc) is 3.25. The van der Waals surface area contributed by atoms with Crippen LogP contribution in [0.4, 0.5) is 0 Å². The highest BCUT2D eigenvalue weighted by Crippen LogP contribution is 2.34. The number of amides is 1. The lowest BCUT2D eigenvalue weighted by molar-refractivity contribution is -0.121. The van der Waals surface area contributed by atoms with Crippen molar-refractivity contribution in [1.29, 1.82) is 0 Å². The van der Waals surface area contributed by atoms with E-state index in [2.05, 4.69) is 0 Å². The van der Waals surface area contributed by atoms with Crippen molar-refractivity contribution in [2.45, 2.75) is 6.92 Å². The van der Waals surface area contributed by atoms with Crippen LogP contribution in [0.1, 0.15) is 23.0 Å². The maximum absolute atomic E-state index is 12.3. The summed E-state index contributed by atoms with van der Waals surface area (Å²) in [5, 5.41) is 0. The molecule has 1 aromatic carbocycles. The van der Waals surface area contributed by atoms with Crippen molar-refractivity contribution >= 4 is 46.3 Å². The molecule has 2 heterocycles. The Hall–Kier alpha value is -2.58. The molecule has 0 bridgehead atoms. The molecule has 0 radical (unpaired) electrons. The molecule has 1 aliphatic rings. The molecule has 0 saturated carbocycles. The summed E-state index contributed by atoms with van der Waals surface area (Å²) >= 11 is 6.46. The molecule has 2 aromatic rings. The normalized spacial score (nSPS) is 15.6. The van der Waals surface area contributed by atoms with Gasteiger partial charge in [-0.1, -0.05) is 30.0 Å². The number of hydrogen-bond acceptors (Lipinski definition) is 7. The fraction of sp³-hybridized carbons (Fsp3) is 0.167. The van der Waals surface area contributed by atoms with E-state index in [4.69, 9.17) is 26.1 Å². The molecule has 1 aromatic heterocycles. The quantitative estimate of drug-likeness (QED) is 0.334. The van der Waals surface area contributed by atoms with Crippen LogP contribution in [0.15, 0.2) is 45.9 Å². The molecule has 26 heavy (non-hydrogen) atoms. The molecular weight excluding hydrogens is 374 g/mol. The molecule has 0 N–H and O–H groups in total. The number of benzene rings is 1. The number of carbonyl (C=O) groups is 2. The number of nitrogens with zero attached hydrogens (tertiary/aromatic N) is 1. The second kappa shape index (κ2) is 7.76. The number of ether oxygens (including phenoxy) is 2. The Kier molecular flexibility index (Phi) is 5.43. The predicted octanol–water partition coefficient (Wildman–Crippen LogP) is 3.73. The van der Waals surface area contributed by atoms with Gasteiger partial charge in [-0.2, -0.15) is 0 Å². The lowest BCUT2D eigenvalue weighted by Gasteiger charge is -2.10. The largest absolute Gasteiger partial charge is 0.493 e. The Bertz CT molecular complexity index is 889. The van der Waals surface area contributed by atoms with Gasteiger partial charge >= 0.3 is 5.97 Å². The van der Waals surface area contributed by atoms with Gasteiger partial charge in [-0.05, 0) is 42.8 Å². The molecule has 0 aliphatic carbocycles. The van der Waals surface area contributed by atoms with Crippen molar-refractivity contribution in [1.82, 2.24) is 4.90 Å². The maximum Gasteiger partial charge on any atom is 0.379 e. The van der Waals surface area contributed by atoms with Crippen LogP contribution in [0.25, 0.3) is 6.08 Å². The molecule has 1 fully saturated rings. The highest BCUT2D eigenvalue weighted by Gasteiger charge is 2.30. The van der Waals surface area contributed by atoms with Crippen LogP contribution in [0.3, 0.4) is 0 Å². The molecule has 6 nitrogen and oxygen atoms in total. The monoisotopic (exact) mass is 389 g/mol. The van der Waals surface area contributed by atoms with E-state index in [1.165, 1.54) is 31.2 Å². The molecule has 0 unspecified atom stereocenters. The first kappa shape index (κ1) is 18.2. The van der Waals surface area contributed by atoms with Gasteiger partial charge < -0.3 is 13.9 Å². The third kappa shape index (κ3) is 3.66. The molecule has 0 atom stereocenters. The van der Waals surface area contributed by atoms with Gasteiger partial charge in [0, 0.05) is 6.54 Å². The Morgan fingerprint density at radius 3 is 2.77 bits per heavy atom. The van der Waals surface area contributed by atoms with Crippen molar-refractivity contribution in [2.75, 3.05) is 13.7 Å². The minimum atomic E-state index is -0.620. The summed E-state index contributed by atoms with van der Waals surface area (Å²) in [5.41, 5.74) is 0.733. The molecule has 0 spiro atoms. The molecule has 3 rings (SSSR count). The first-order valence-electron chi connectivity index (χ1n) is 7.72. The SMILES string of the molecule is CCN1C(=O)C(=Cc2ccc(OC(=O)c3ccco3)c(OC)c2)SC1=S. The van der Waals surface area contributed by atoms with Gasteiger partial charge in [-0.15, -0.1) is 0 Å². The molecule has 1 amide bonds. The van der Waals surface area contributed by atoms with Gasteiger partial charge in [0.2, 0.25) is 5.76 Å². The number of carbonyl (C=O) groups excluding carboxylic acids is 2. The smallest absolute Gasteiger partial charge is 0.379 e. The van der Waals surface area contributed by atoms with E-state index in [0.29, 0.717) is 21.5 Å². The third-order valence-electron chi connectivity index (χ3n) is 3.60. The number of methoxy groups -OCH3 is 1. The van der Waals surface area contributed by atoms with Gasteiger partial charge in [0.15, 0.2) is 11.5 Å². The molecule has 8 heteroatoms. The van der Waals surface area contributed by atoms with Crippen LogP contribution in [-0.2, 0) is 4.79 Å². The Morgan fingerprint density at radius 2 is 2.15 bits per heavy atom. The van der Waals surface area contributed by atoms with E-state index >= 15 is 0 Å². The minimum absolute atomic E-state index is 0.0966. The number of thiocarbonyl (C=S) groups is 1. The Morgan fingerprint density at radius 1 is 1.35 bits per heavy atom. The number of rotatable bonds is 5. The van der Waals surface area contributed by atoms with E-state index < -0.39 is 5.97 Å². The molecular formula is C18H15NO5S2. The van der Waals surface area contributed by atoms with Crippen LogP contribution in [0.5, 0.6) is 11.5 Å². The van der Waals surface area contributed by atoms with Crippen molar-refractivity contribution in [3.8, 4) is 11.5 Å². The Labute approximate surface area is 159 Å². The number of esters is 1. The van der Waals surface area contributed by atoms with E-state index in [-0.39, 0.29) is 17.4 Å². The summed E-state index contributed by atoms with van der Waals surface area (Å²) in [4.78, 5) is 26.4. The van der Waals surface area contributed by atoms with Crippen LogP contribution in [0.2, 0.25) is 0 Å². The first-order chi connectivity index (χ1) is 12.5. The predicted molar refractivity (Wildman–Crippen MR) is 102 cm³/mol.